The van der Waals surface area contributed by atoms with E-state index in [1.54, 1.807) is 12.1 Å². The molecule has 2 aliphatic rings. The van der Waals surface area contributed by atoms with Crippen LogP contribution in [-0.4, -0.2) is 27.1 Å². The molecule has 1 N–H and O–H groups in total. The molecule has 2 atom stereocenters. The van der Waals surface area contributed by atoms with Gasteiger partial charge in [0, 0.05) is 6.04 Å². The van der Waals surface area contributed by atoms with Crippen molar-refractivity contribution in [2.45, 2.75) is 38.6 Å². The number of aliphatic imine (C=N–C) groups is 1. The van der Waals surface area contributed by atoms with Gasteiger partial charge in [0.1, 0.15) is 5.75 Å². The minimum atomic E-state index is 0.00810. The summed E-state index contributed by atoms with van der Waals surface area (Å²) in [6.07, 6.45) is 6.37. The summed E-state index contributed by atoms with van der Waals surface area (Å²) in [4.78, 5) is 20.9. The molecule has 1 saturated heterocycles. The largest absolute Gasteiger partial charge is 0.506 e. The number of rotatable bonds is 3. The summed E-state index contributed by atoms with van der Waals surface area (Å²) in [5.41, 5.74) is 1.68. The van der Waals surface area contributed by atoms with Crippen LogP contribution in [0.2, 0.25) is 0 Å². The van der Waals surface area contributed by atoms with Crippen molar-refractivity contribution in [2.24, 2.45) is 10.9 Å². The average molecular weight is 550 g/mol. The number of hydrogen-bond donors (Lipinski definition) is 1. The fourth-order valence-corrected chi connectivity index (χ4v) is 6.24. The van der Waals surface area contributed by atoms with E-state index in [-0.39, 0.29) is 17.7 Å². The zero-order chi connectivity index (χ0) is 21.3. The predicted molar refractivity (Wildman–Crippen MR) is 131 cm³/mol. The van der Waals surface area contributed by atoms with Gasteiger partial charge in [0.05, 0.1) is 19.5 Å². The molecule has 2 aromatic carbocycles. The van der Waals surface area contributed by atoms with Crippen molar-refractivity contribution in [3.05, 3.63) is 61.9 Å². The first-order valence-electron chi connectivity index (χ1n) is 9.99. The topological polar surface area (TPSA) is 52.9 Å². The number of aromatic hydroxyl groups is 1. The zero-order valence-corrected chi connectivity index (χ0v) is 20.5. The highest BCUT2D eigenvalue weighted by Gasteiger charge is 2.41. The minimum absolute atomic E-state index is 0.00810. The smallest absolute Gasteiger partial charge is 0.267 e. The van der Waals surface area contributed by atoms with E-state index < -0.39 is 0 Å². The third-order valence-corrected chi connectivity index (χ3v) is 7.74. The Balaban J connectivity index is 1.74. The molecule has 1 aliphatic heterocycles. The Morgan fingerprint density at radius 2 is 1.80 bits per heavy atom. The van der Waals surface area contributed by atoms with Crippen LogP contribution < -0.4 is 0 Å². The van der Waals surface area contributed by atoms with E-state index in [1.165, 1.54) is 18.2 Å². The van der Waals surface area contributed by atoms with Crippen LogP contribution in [0.3, 0.4) is 0 Å². The van der Waals surface area contributed by atoms with Crippen molar-refractivity contribution in [3.63, 3.8) is 0 Å². The standard InChI is InChI=1S/C23H22Br2N2O2S/c1-14-7-5-6-10-19(14)27-22(29)20(13-15-11-17(24)21(28)18(25)12-15)30-23(27)26-16-8-3-2-4-9-16/h2-4,8-9,11-14,19,28H,5-7,10H2,1H3/b20-13-,26-23?/t14-,19+/m0/s1. The van der Waals surface area contributed by atoms with E-state index in [4.69, 9.17) is 4.99 Å². The molecule has 1 saturated carbocycles. The third-order valence-electron chi connectivity index (χ3n) is 5.55. The van der Waals surface area contributed by atoms with E-state index >= 15 is 0 Å². The summed E-state index contributed by atoms with van der Waals surface area (Å²) in [5, 5.41) is 10.7. The molecule has 2 aromatic rings. The number of phenolic OH excluding ortho intramolecular Hbond substituents is 1. The number of amides is 1. The first kappa shape index (κ1) is 21.7. The summed E-state index contributed by atoms with van der Waals surface area (Å²) < 4.78 is 1.16. The van der Waals surface area contributed by atoms with Gasteiger partial charge in [0.2, 0.25) is 0 Å². The molecule has 0 unspecified atom stereocenters. The number of para-hydroxylation sites is 1. The number of carbonyl (C=O) groups excluding carboxylic acids is 1. The number of halogens is 2. The van der Waals surface area contributed by atoms with Crippen molar-refractivity contribution < 1.29 is 9.90 Å². The molecule has 0 bridgehead atoms. The van der Waals surface area contributed by atoms with Crippen molar-refractivity contribution in [2.75, 3.05) is 0 Å². The number of nitrogens with zero attached hydrogens (tertiary/aromatic N) is 2. The first-order valence-corrected chi connectivity index (χ1v) is 12.4. The van der Waals surface area contributed by atoms with Crippen LogP contribution in [0.25, 0.3) is 6.08 Å². The van der Waals surface area contributed by atoms with Gasteiger partial charge in [-0.1, -0.05) is 38.0 Å². The molecule has 0 radical (unpaired) electrons. The average Bonchev–Trinajstić information content (AvgIpc) is 3.02. The Labute approximate surface area is 197 Å². The van der Waals surface area contributed by atoms with Crippen LogP contribution in [0.1, 0.15) is 38.2 Å². The van der Waals surface area contributed by atoms with Gasteiger partial charge < -0.3 is 5.11 Å². The third kappa shape index (κ3) is 4.53. The van der Waals surface area contributed by atoms with Gasteiger partial charge in [0.15, 0.2) is 5.17 Å². The lowest BCUT2D eigenvalue weighted by Crippen LogP contribution is -2.44. The molecule has 4 rings (SSSR count). The molecule has 30 heavy (non-hydrogen) atoms. The first-order chi connectivity index (χ1) is 14.4. The van der Waals surface area contributed by atoms with Crippen molar-refractivity contribution in [3.8, 4) is 5.75 Å². The van der Waals surface area contributed by atoms with Crippen LogP contribution in [0.5, 0.6) is 5.75 Å². The zero-order valence-electron chi connectivity index (χ0n) is 16.5. The van der Waals surface area contributed by atoms with Gasteiger partial charge in [0.25, 0.3) is 5.91 Å². The van der Waals surface area contributed by atoms with E-state index in [2.05, 4.69) is 38.8 Å². The van der Waals surface area contributed by atoms with Gasteiger partial charge in [-0.3, -0.25) is 9.69 Å². The van der Waals surface area contributed by atoms with E-state index in [1.807, 2.05) is 41.3 Å². The number of amidine groups is 1. The van der Waals surface area contributed by atoms with E-state index in [0.717, 1.165) is 35.7 Å². The maximum Gasteiger partial charge on any atom is 0.267 e. The molecule has 0 spiro atoms. The molecule has 1 amide bonds. The number of carbonyl (C=O) groups is 1. The number of hydrogen-bond acceptors (Lipinski definition) is 4. The molecule has 1 aliphatic carbocycles. The SMILES string of the molecule is C[C@H]1CCCC[C@H]1N1C(=O)/C(=C/c2cc(Br)c(O)c(Br)c2)SC1=Nc1ccccc1. The number of thioether (sulfide) groups is 1. The van der Waals surface area contributed by atoms with E-state index in [9.17, 15) is 9.90 Å². The highest BCUT2D eigenvalue weighted by atomic mass is 79.9. The molecule has 1 heterocycles. The van der Waals surface area contributed by atoms with Crippen LogP contribution in [0, 0.1) is 5.92 Å². The van der Waals surface area contributed by atoms with E-state index in [0.29, 0.717) is 19.8 Å². The van der Waals surface area contributed by atoms with Crippen molar-refractivity contribution >= 4 is 66.5 Å². The minimum Gasteiger partial charge on any atom is -0.506 e. The second-order valence-electron chi connectivity index (χ2n) is 7.68. The fraction of sp³-hybridized carbons (Fsp3) is 0.304. The van der Waals surface area contributed by atoms with Gasteiger partial charge >= 0.3 is 0 Å². The maximum atomic E-state index is 13.5. The molecule has 7 heteroatoms. The lowest BCUT2D eigenvalue weighted by atomic mass is 9.85. The van der Waals surface area contributed by atoms with Crippen LogP contribution in [0.15, 0.2) is 61.3 Å². The molecule has 0 aromatic heterocycles. The monoisotopic (exact) mass is 548 g/mol. The molecule has 4 nitrogen and oxygen atoms in total. The number of benzene rings is 2. The van der Waals surface area contributed by atoms with Crippen molar-refractivity contribution in [1.82, 2.24) is 4.90 Å². The Bertz CT molecular complexity index is 1000. The van der Waals surface area contributed by atoms with Gasteiger partial charge in [-0.2, -0.15) is 0 Å². The normalized spacial score (nSPS) is 24.8. The van der Waals surface area contributed by atoms with Crippen LogP contribution >= 0.6 is 43.6 Å². The Morgan fingerprint density at radius 1 is 1.13 bits per heavy atom. The molecule has 2 fully saturated rings. The Hall–Kier alpha value is -1.57. The summed E-state index contributed by atoms with van der Waals surface area (Å²) >= 11 is 8.15. The molecular formula is C23H22Br2N2O2S. The van der Waals surface area contributed by atoms with Crippen LogP contribution in [0.4, 0.5) is 5.69 Å². The second kappa shape index (κ2) is 9.28. The van der Waals surface area contributed by atoms with Crippen LogP contribution in [-0.2, 0) is 4.79 Å². The predicted octanol–water partition coefficient (Wildman–Crippen LogP) is 7.10. The highest BCUT2D eigenvalue weighted by Crippen LogP contribution is 2.41. The number of phenols is 1. The lowest BCUT2D eigenvalue weighted by Gasteiger charge is -2.35. The second-order valence-corrected chi connectivity index (χ2v) is 10.4. The van der Waals surface area contributed by atoms with Gasteiger partial charge in [-0.15, -0.1) is 0 Å². The lowest BCUT2D eigenvalue weighted by molar-refractivity contribution is -0.124. The maximum absolute atomic E-state index is 13.5. The van der Waals surface area contributed by atoms with Gasteiger partial charge in [-0.25, -0.2) is 4.99 Å². The fourth-order valence-electron chi connectivity index (χ4n) is 3.97. The summed E-state index contributed by atoms with van der Waals surface area (Å²) in [6, 6.07) is 13.6. The summed E-state index contributed by atoms with van der Waals surface area (Å²) in [7, 11) is 0. The van der Waals surface area contributed by atoms with Crippen molar-refractivity contribution in [1.29, 1.82) is 0 Å². The quantitative estimate of drug-likeness (QED) is 0.415. The van der Waals surface area contributed by atoms with Gasteiger partial charge in [-0.05, 0) is 98.3 Å². The highest BCUT2D eigenvalue weighted by molar-refractivity contribution is 9.11. The Kier molecular flexibility index (Phi) is 6.70. The molecule has 156 valence electrons. The molecular weight excluding hydrogens is 528 g/mol. The Morgan fingerprint density at radius 3 is 2.47 bits per heavy atom. The summed E-state index contributed by atoms with van der Waals surface area (Å²) in [5.74, 6) is 0.598. The summed E-state index contributed by atoms with van der Waals surface area (Å²) in [6.45, 7) is 2.23.